The molecule has 0 radical (unpaired) electrons. The SMILES string of the molecule is O=C(O)CN(CC1CC1)C1CC(NC(=O)CN2CCCCC2=O)C1. The van der Waals surface area contributed by atoms with Crippen molar-refractivity contribution in [3.05, 3.63) is 0 Å². The summed E-state index contributed by atoms with van der Waals surface area (Å²) in [4.78, 5) is 38.5. The predicted molar refractivity (Wildman–Crippen MR) is 87.3 cm³/mol. The van der Waals surface area contributed by atoms with Crippen LogP contribution in [0.25, 0.3) is 0 Å². The number of nitrogens with one attached hydrogen (secondary N) is 1. The minimum atomic E-state index is -0.785. The standard InChI is InChI=1S/C17H27N3O4/c21-15(10-19-6-2-1-3-16(19)22)18-13-7-14(8-13)20(11-17(23)24)9-12-4-5-12/h12-14H,1-11H2,(H,18,21)(H,23,24). The molecule has 2 N–H and O–H groups in total. The molecule has 0 atom stereocenters. The lowest BCUT2D eigenvalue weighted by atomic mass is 9.85. The molecule has 134 valence electrons. The van der Waals surface area contributed by atoms with Gasteiger partial charge in [-0.05, 0) is 44.4 Å². The number of rotatable bonds is 8. The Morgan fingerprint density at radius 1 is 1.25 bits per heavy atom. The van der Waals surface area contributed by atoms with E-state index in [1.165, 1.54) is 12.8 Å². The molecule has 1 aliphatic heterocycles. The van der Waals surface area contributed by atoms with Gasteiger partial charge in [-0.15, -0.1) is 0 Å². The number of likely N-dealkylation sites (tertiary alicyclic amines) is 1. The second-order valence-electron chi connectivity index (χ2n) is 7.43. The van der Waals surface area contributed by atoms with E-state index in [9.17, 15) is 14.4 Å². The van der Waals surface area contributed by atoms with E-state index in [1.54, 1.807) is 4.90 Å². The van der Waals surface area contributed by atoms with Gasteiger partial charge in [0.15, 0.2) is 0 Å². The number of amides is 2. The van der Waals surface area contributed by atoms with Crippen molar-refractivity contribution in [3.63, 3.8) is 0 Å². The fraction of sp³-hybridized carbons (Fsp3) is 0.824. The van der Waals surface area contributed by atoms with E-state index in [0.29, 0.717) is 18.9 Å². The van der Waals surface area contributed by atoms with Crippen molar-refractivity contribution in [1.82, 2.24) is 15.1 Å². The molecule has 3 fully saturated rings. The first-order valence-electron chi connectivity index (χ1n) is 9.04. The number of carboxylic acids is 1. The number of carbonyl (C=O) groups is 3. The molecule has 1 saturated heterocycles. The summed E-state index contributed by atoms with van der Waals surface area (Å²) in [6, 6.07) is 0.363. The van der Waals surface area contributed by atoms with Crippen LogP contribution in [0.3, 0.4) is 0 Å². The molecule has 0 spiro atoms. The van der Waals surface area contributed by atoms with Crippen LogP contribution in [0.15, 0.2) is 0 Å². The van der Waals surface area contributed by atoms with E-state index in [0.717, 1.165) is 32.2 Å². The fourth-order valence-electron chi connectivity index (χ4n) is 3.63. The van der Waals surface area contributed by atoms with Gasteiger partial charge in [0.05, 0.1) is 13.1 Å². The molecule has 7 heteroatoms. The molecule has 0 aromatic heterocycles. The van der Waals surface area contributed by atoms with Crippen LogP contribution in [0.5, 0.6) is 0 Å². The average molecular weight is 337 g/mol. The number of aliphatic carboxylic acids is 1. The number of hydrogen-bond acceptors (Lipinski definition) is 4. The van der Waals surface area contributed by atoms with Crippen LogP contribution in [0.2, 0.25) is 0 Å². The van der Waals surface area contributed by atoms with Gasteiger partial charge in [0.1, 0.15) is 0 Å². The lowest BCUT2D eigenvalue weighted by Gasteiger charge is -2.43. The molecule has 2 saturated carbocycles. The van der Waals surface area contributed by atoms with Gasteiger partial charge in [-0.25, -0.2) is 0 Å². The highest BCUT2D eigenvalue weighted by atomic mass is 16.4. The normalized spacial score (nSPS) is 27.0. The van der Waals surface area contributed by atoms with Gasteiger partial charge >= 0.3 is 5.97 Å². The lowest BCUT2D eigenvalue weighted by Crippen LogP contribution is -2.56. The van der Waals surface area contributed by atoms with E-state index in [4.69, 9.17) is 5.11 Å². The van der Waals surface area contributed by atoms with Crippen molar-refractivity contribution in [2.75, 3.05) is 26.2 Å². The number of nitrogens with zero attached hydrogens (tertiary/aromatic N) is 2. The van der Waals surface area contributed by atoms with Gasteiger partial charge in [-0.3, -0.25) is 19.3 Å². The van der Waals surface area contributed by atoms with Crippen LogP contribution in [-0.2, 0) is 14.4 Å². The predicted octanol–water partition coefficient (Wildman–Crippen LogP) is 0.443. The van der Waals surface area contributed by atoms with E-state index < -0.39 is 5.97 Å². The highest BCUT2D eigenvalue weighted by Gasteiger charge is 2.37. The summed E-state index contributed by atoms with van der Waals surface area (Å²) in [5, 5.41) is 12.0. The zero-order valence-electron chi connectivity index (χ0n) is 14.1. The Labute approximate surface area is 142 Å². The summed E-state index contributed by atoms with van der Waals surface area (Å²) in [7, 11) is 0. The Morgan fingerprint density at radius 2 is 2.00 bits per heavy atom. The Morgan fingerprint density at radius 3 is 2.62 bits per heavy atom. The van der Waals surface area contributed by atoms with E-state index in [1.807, 2.05) is 0 Å². The first-order chi connectivity index (χ1) is 11.5. The maximum Gasteiger partial charge on any atom is 0.317 e. The van der Waals surface area contributed by atoms with Crippen molar-refractivity contribution in [1.29, 1.82) is 0 Å². The summed E-state index contributed by atoms with van der Waals surface area (Å²) in [5.74, 6) is -0.157. The third-order valence-corrected chi connectivity index (χ3v) is 5.28. The first kappa shape index (κ1) is 17.2. The fourth-order valence-corrected chi connectivity index (χ4v) is 3.63. The van der Waals surface area contributed by atoms with Crippen LogP contribution in [0, 0.1) is 5.92 Å². The van der Waals surface area contributed by atoms with E-state index >= 15 is 0 Å². The number of carboxylic acid groups (broad SMARTS) is 1. The van der Waals surface area contributed by atoms with E-state index in [-0.39, 0.29) is 37.0 Å². The van der Waals surface area contributed by atoms with Gasteiger partial charge in [0, 0.05) is 31.6 Å². The smallest absolute Gasteiger partial charge is 0.317 e. The summed E-state index contributed by atoms with van der Waals surface area (Å²) < 4.78 is 0. The maximum atomic E-state index is 12.1. The zero-order valence-corrected chi connectivity index (χ0v) is 14.1. The zero-order chi connectivity index (χ0) is 17.1. The summed E-state index contributed by atoms with van der Waals surface area (Å²) >= 11 is 0. The third kappa shape index (κ3) is 4.69. The van der Waals surface area contributed by atoms with Crippen LogP contribution in [0.1, 0.15) is 44.9 Å². The van der Waals surface area contributed by atoms with Crippen molar-refractivity contribution in [2.24, 2.45) is 5.92 Å². The monoisotopic (exact) mass is 337 g/mol. The molecule has 0 aromatic rings. The van der Waals surface area contributed by atoms with Gasteiger partial charge in [-0.1, -0.05) is 0 Å². The van der Waals surface area contributed by atoms with Crippen molar-refractivity contribution in [3.8, 4) is 0 Å². The lowest BCUT2D eigenvalue weighted by molar-refractivity contribution is -0.140. The molecule has 0 aromatic carbocycles. The minimum Gasteiger partial charge on any atom is -0.480 e. The minimum absolute atomic E-state index is 0.0694. The molecular formula is C17H27N3O4. The summed E-state index contributed by atoms with van der Waals surface area (Å²) in [6.07, 6.45) is 6.45. The number of piperidine rings is 1. The van der Waals surface area contributed by atoms with Gasteiger partial charge in [-0.2, -0.15) is 0 Å². The highest BCUT2D eigenvalue weighted by Crippen LogP contribution is 2.33. The van der Waals surface area contributed by atoms with Crippen molar-refractivity contribution >= 4 is 17.8 Å². The quantitative estimate of drug-likeness (QED) is 0.671. The third-order valence-electron chi connectivity index (χ3n) is 5.28. The second-order valence-corrected chi connectivity index (χ2v) is 7.43. The van der Waals surface area contributed by atoms with Crippen molar-refractivity contribution < 1.29 is 19.5 Å². The van der Waals surface area contributed by atoms with Gasteiger partial charge < -0.3 is 15.3 Å². The van der Waals surface area contributed by atoms with Crippen LogP contribution in [-0.4, -0.2) is 71.0 Å². The van der Waals surface area contributed by atoms with Crippen LogP contribution >= 0.6 is 0 Å². The Hall–Kier alpha value is -1.63. The van der Waals surface area contributed by atoms with Crippen LogP contribution < -0.4 is 5.32 Å². The Bertz CT molecular complexity index is 500. The molecule has 2 amide bonds. The van der Waals surface area contributed by atoms with Gasteiger partial charge in [0.2, 0.25) is 11.8 Å². The number of hydrogen-bond donors (Lipinski definition) is 2. The van der Waals surface area contributed by atoms with E-state index in [2.05, 4.69) is 10.2 Å². The summed E-state index contributed by atoms with van der Waals surface area (Å²) in [6.45, 7) is 1.78. The molecule has 7 nitrogen and oxygen atoms in total. The highest BCUT2D eigenvalue weighted by molar-refractivity contribution is 5.85. The first-order valence-corrected chi connectivity index (χ1v) is 9.04. The molecule has 2 aliphatic carbocycles. The topological polar surface area (TPSA) is 89.9 Å². The molecule has 0 bridgehead atoms. The molecule has 3 aliphatic rings. The second kappa shape index (κ2) is 7.51. The number of carbonyl (C=O) groups excluding carboxylic acids is 2. The molecule has 1 heterocycles. The molecule has 3 rings (SSSR count). The Balaban J connectivity index is 1.39. The summed E-state index contributed by atoms with van der Waals surface area (Å²) in [5.41, 5.74) is 0. The average Bonchev–Trinajstić information content (AvgIpc) is 3.28. The largest absolute Gasteiger partial charge is 0.480 e. The van der Waals surface area contributed by atoms with Gasteiger partial charge in [0.25, 0.3) is 0 Å². The Kier molecular flexibility index (Phi) is 5.38. The van der Waals surface area contributed by atoms with Crippen LogP contribution in [0.4, 0.5) is 0 Å². The van der Waals surface area contributed by atoms with Crippen molar-refractivity contribution in [2.45, 2.75) is 57.0 Å². The molecule has 24 heavy (non-hydrogen) atoms. The molecule has 0 unspecified atom stereocenters. The molecular weight excluding hydrogens is 310 g/mol. The maximum absolute atomic E-state index is 12.1.